The summed E-state index contributed by atoms with van der Waals surface area (Å²) < 4.78 is 9.51. The van der Waals surface area contributed by atoms with Crippen molar-refractivity contribution in [1.29, 1.82) is 0 Å². The van der Waals surface area contributed by atoms with Gasteiger partial charge in [0, 0.05) is 12.2 Å². The molecule has 0 fully saturated rings. The number of nitrogens with one attached hydrogen (secondary N) is 1. The standard InChI is InChI=1S/C14H17Cl2N5O3.ClH/c1-20(2)6-7-21-18-12(13(19-21)24-14(22)23-3)17-9-4-5-10(15)11(16)8-9;/h4-5,8H,6-7H2,1-3H3,(H,17,18);1H. The number of carbonyl (C=O) groups excluding carboxylic acids is 1. The van der Waals surface area contributed by atoms with Crippen LogP contribution in [0.4, 0.5) is 16.3 Å². The molecule has 138 valence electrons. The molecule has 1 heterocycles. The molecule has 1 aromatic heterocycles. The van der Waals surface area contributed by atoms with E-state index in [1.165, 1.54) is 11.9 Å². The maximum absolute atomic E-state index is 11.4. The minimum absolute atomic E-state index is 0. The Morgan fingerprint density at radius 1 is 1.28 bits per heavy atom. The minimum Gasteiger partial charge on any atom is -0.437 e. The molecule has 0 saturated heterocycles. The number of nitrogens with zero attached hydrogens (tertiary/aromatic N) is 4. The summed E-state index contributed by atoms with van der Waals surface area (Å²) in [5.74, 6) is 0.268. The zero-order valence-corrected chi connectivity index (χ0v) is 16.2. The van der Waals surface area contributed by atoms with Crippen LogP contribution in [0.25, 0.3) is 0 Å². The first-order valence-electron chi connectivity index (χ1n) is 6.96. The van der Waals surface area contributed by atoms with E-state index < -0.39 is 6.16 Å². The van der Waals surface area contributed by atoms with E-state index in [9.17, 15) is 4.79 Å². The van der Waals surface area contributed by atoms with Gasteiger partial charge in [-0.1, -0.05) is 23.2 Å². The summed E-state index contributed by atoms with van der Waals surface area (Å²) in [5, 5.41) is 12.2. The molecular formula is C14H18Cl3N5O3. The Bertz CT molecular complexity index is 724. The van der Waals surface area contributed by atoms with E-state index >= 15 is 0 Å². The fraction of sp³-hybridized carbons (Fsp3) is 0.357. The summed E-state index contributed by atoms with van der Waals surface area (Å²) in [6.45, 7) is 1.24. The van der Waals surface area contributed by atoms with Crippen molar-refractivity contribution in [1.82, 2.24) is 19.9 Å². The lowest BCUT2D eigenvalue weighted by atomic mass is 10.3. The fourth-order valence-corrected chi connectivity index (χ4v) is 2.00. The second-order valence-electron chi connectivity index (χ2n) is 5.06. The Kier molecular flexibility index (Phi) is 8.24. The maximum Gasteiger partial charge on any atom is 0.515 e. The van der Waals surface area contributed by atoms with Crippen LogP contribution in [0.2, 0.25) is 10.0 Å². The predicted octanol–water partition coefficient (Wildman–Crippen LogP) is 3.46. The topological polar surface area (TPSA) is 81.5 Å². The number of benzene rings is 1. The van der Waals surface area contributed by atoms with Gasteiger partial charge < -0.3 is 19.7 Å². The lowest BCUT2D eigenvalue weighted by molar-refractivity contribution is 0.119. The predicted molar refractivity (Wildman–Crippen MR) is 98.6 cm³/mol. The second-order valence-corrected chi connectivity index (χ2v) is 5.88. The third-order valence-electron chi connectivity index (χ3n) is 2.90. The molecule has 1 aromatic carbocycles. The number of hydrogen-bond donors (Lipinski definition) is 1. The SMILES string of the molecule is COC(=O)Oc1nn(CCN(C)C)nc1Nc1ccc(Cl)c(Cl)c1.Cl. The summed E-state index contributed by atoms with van der Waals surface area (Å²) >= 11 is 11.9. The van der Waals surface area contributed by atoms with Crippen LogP contribution in [0.3, 0.4) is 0 Å². The molecule has 0 bridgehead atoms. The van der Waals surface area contributed by atoms with Gasteiger partial charge in [-0.3, -0.25) is 0 Å². The average molecular weight is 411 g/mol. The molecule has 0 aliphatic rings. The van der Waals surface area contributed by atoms with E-state index in [-0.39, 0.29) is 24.1 Å². The van der Waals surface area contributed by atoms with Gasteiger partial charge in [-0.05, 0) is 32.3 Å². The molecule has 2 rings (SSSR count). The molecule has 0 amide bonds. The molecule has 0 spiro atoms. The molecule has 8 nitrogen and oxygen atoms in total. The molecule has 11 heteroatoms. The van der Waals surface area contributed by atoms with Crippen LogP contribution in [0.15, 0.2) is 18.2 Å². The molecule has 0 aliphatic carbocycles. The van der Waals surface area contributed by atoms with Gasteiger partial charge in [-0.25, -0.2) is 4.79 Å². The number of ether oxygens (including phenoxy) is 2. The summed E-state index contributed by atoms with van der Waals surface area (Å²) in [6, 6.07) is 4.99. The average Bonchev–Trinajstić information content (AvgIpc) is 2.90. The number of carbonyl (C=O) groups is 1. The van der Waals surface area contributed by atoms with Gasteiger partial charge in [0.2, 0.25) is 5.82 Å². The Balaban J connectivity index is 0.00000312. The highest BCUT2D eigenvalue weighted by molar-refractivity contribution is 6.42. The van der Waals surface area contributed by atoms with E-state index in [0.29, 0.717) is 22.3 Å². The molecule has 0 atom stereocenters. The number of anilines is 2. The molecule has 0 aliphatic heterocycles. The molecule has 0 unspecified atom stereocenters. The van der Waals surface area contributed by atoms with E-state index in [1.807, 2.05) is 19.0 Å². The molecule has 0 saturated carbocycles. The molecule has 2 aromatic rings. The van der Waals surface area contributed by atoms with Crippen LogP contribution in [-0.2, 0) is 11.3 Å². The fourth-order valence-electron chi connectivity index (χ4n) is 1.70. The summed E-state index contributed by atoms with van der Waals surface area (Å²) in [5.41, 5.74) is 0.624. The number of rotatable bonds is 6. The molecule has 1 N–H and O–H groups in total. The van der Waals surface area contributed by atoms with Crippen LogP contribution in [0.5, 0.6) is 5.88 Å². The lowest BCUT2D eigenvalue weighted by Gasteiger charge is -2.07. The Morgan fingerprint density at radius 3 is 2.60 bits per heavy atom. The van der Waals surface area contributed by atoms with Gasteiger partial charge in [0.15, 0.2) is 0 Å². The summed E-state index contributed by atoms with van der Waals surface area (Å²) in [4.78, 5) is 14.8. The smallest absolute Gasteiger partial charge is 0.437 e. The number of aromatic nitrogens is 3. The van der Waals surface area contributed by atoms with Crippen molar-refractivity contribution in [3.8, 4) is 5.88 Å². The zero-order valence-electron chi connectivity index (χ0n) is 13.8. The van der Waals surface area contributed by atoms with Crippen LogP contribution in [0, 0.1) is 0 Å². The Morgan fingerprint density at radius 2 is 2.00 bits per heavy atom. The van der Waals surface area contributed by atoms with Crippen LogP contribution in [-0.4, -0.2) is 53.8 Å². The monoisotopic (exact) mass is 409 g/mol. The minimum atomic E-state index is -0.883. The summed E-state index contributed by atoms with van der Waals surface area (Å²) in [6.07, 6.45) is -0.883. The first kappa shape index (κ1) is 21.3. The van der Waals surface area contributed by atoms with Crippen molar-refractivity contribution >= 4 is 53.3 Å². The van der Waals surface area contributed by atoms with E-state index in [4.69, 9.17) is 27.9 Å². The second kappa shape index (κ2) is 9.67. The van der Waals surface area contributed by atoms with Gasteiger partial charge in [0.25, 0.3) is 5.88 Å². The number of likely N-dealkylation sites (N-methyl/N-ethyl adjacent to an activating group) is 1. The van der Waals surface area contributed by atoms with Crippen molar-refractivity contribution in [2.24, 2.45) is 0 Å². The van der Waals surface area contributed by atoms with Gasteiger partial charge in [0.05, 0.1) is 23.7 Å². The molecule has 25 heavy (non-hydrogen) atoms. The van der Waals surface area contributed by atoms with Gasteiger partial charge in [-0.15, -0.1) is 22.6 Å². The molecule has 0 radical (unpaired) electrons. The number of hydrogen-bond acceptors (Lipinski definition) is 7. The Labute approximate surface area is 161 Å². The van der Waals surface area contributed by atoms with Crippen molar-refractivity contribution < 1.29 is 14.3 Å². The van der Waals surface area contributed by atoms with Crippen molar-refractivity contribution in [3.63, 3.8) is 0 Å². The van der Waals surface area contributed by atoms with E-state index in [0.717, 1.165) is 6.54 Å². The van der Waals surface area contributed by atoms with Crippen molar-refractivity contribution in [3.05, 3.63) is 28.2 Å². The van der Waals surface area contributed by atoms with Crippen molar-refractivity contribution in [2.75, 3.05) is 33.1 Å². The van der Waals surface area contributed by atoms with Crippen LogP contribution >= 0.6 is 35.6 Å². The van der Waals surface area contributed by atoms with Gasteiger partial charge in [-0.2, -0.15) is 4.80 Å². The largest absolute Gasteiger partial charge is 0.515 e. The first-order valence-corrected chi connectivity index (χ1v) is 7.72. The third kappa shape index (κ3) is 6.24. The Hall–Kier alpha value is -1.74. The van der Waals surface area contributed by atoms with E-state index in [1.54, 1.807) is 18.2 Å². The highest BCUT2D eigenvalue weighted by Gasteiger charge is 2.17. The van der Waals surface area contributed by atoms with Crippen molar-refractivity contribution in [2.45, 2.75) is 6.54 Å². The quantitative estimate of drug-likeness (QED) is 0.730. The normalized spacial score (nSPS) is 10.3. The highest BCUT2D eigenvalue weighted by Crippen LogP contribution is 2.29. The third-order valence-corrected chi connectivity index (χ3v) is 3.64. The summed E-state index contributed by atoms with van der Waals surface area (Å²) in [7, 11) is 5.08. The maximum atomic E-state index is 11.4. The highest BCUT2D eigenvalue weighted by atomic mass is 35.5. The van der Waals surface area contributed by atoms with Crippen LogP contribution < -0.4 is 10.1 Å². The zero-order chi connectivity index (χ0) is 17.7. The van der Waals surface area contributed by atoms with Gasteiger partial charge in [0.1, 0.15) is 0 Å². The lowest BCUT2D eigenvalue weighted by Crippen LogP contribution is -2.19. The number of methoxy groups -OCH3 is 1. The number of halogens is 3. The van der Waals surface area contributed by atoms with E-state index in [2.05, 4.69) is 20.3 Å². The molecular weight excluding hydrogens is 393 g/mol. The van der Waals surface area contributed by atoms with Crippen LogP contribution in [0.1, 0.15) is 0 Å². The first-order chi connectivity index (χ1) is 11.4. The van der Waals surface area contributed by atoms with Gasteiger partial charge >= 0.3 is 6.16 Å².